The van der Waals surface area contributed by atoms with Gasteiger partial charge in [0.05, 0.1) is 5.56 Å². The first kappa shape index (κ1) is 22.0. The average molecular weight is 450 g/mol. The highest BCUT2D eigenvalue weighted by Crippen LogP contribution is 2.39. The maximum Gasteiger partial charge on any atom is 0.345 e. The van der Waals surface area contributed by atoms with Gasteiger partial charge in [-0.2, -0.15) is 0 Å². The van der Waals surface area contributed by atoms with Crippen LogP contribution in [0, 0.1) is 0 Å². The standard InChI is InChI=1S/C25H27N3O3S/c1-27-13-15-28(16-14-27)21-10-6-5-9-19(21)23-20(17-22(32-23)25(30)31)24(29)26-12-11-18-7-3-2-4-8-18/h2-10,17H,11-16H2,1H3,(H,26,29)(H,30,31). The Morgan fingerprint density at radius 2 is 1.69 bits per heavy atom. The van der Waals surface area contributed by atoms with Crippen LogP contribution in [0.5, 0.6) is 0 Å². The third-order valence-corrected chi connectivity index (χ3v) is 6.88. The van der Waals surface area contributed by atoms with E-state index in [4.69, 9.17) is 0 Å². The van der Waals surface area contributed by atoms with Gasteiger partial charge in [-0.1, -0.05) is 48.5 Å². The largest absolute Gasteiger partial charge is 0.477 e. The van der Waals surface area contributed by atoms with Crippen molar-refractivity contribution in [3.8, 4) is 10.4 Å². The van der Waals surface area contributed by atoms with Crippen molar-refractivity contribution in [1.29, 1.82) is 0 Å². The molecule has 0 saturated carbocycles. The number of carboxylic acid groups (broad SMARTS) is 1. The molecule has 0 atom stereocenters. The number of carbonyl (C=O) groups excluding carboxylic acids is 1. The van der Waals surface area contributed by atoms with Crippen LogP contribution in [0.15, 0.2) is 60.7 Å². The van der Waals surface area contributed by atoms with Gasteiger partial charge >= 0.3 is 5.97 Å². The summed E-state index contributed by atoms with van der Waals surface area (Å²) in [6, 6.07) is 19.4. The molecule has 0 aliphatic carbocycles. The number of benzene rings is 2. The summed E-state index contributed by atoms with van der Waals surface area (Å²) in [6.45, 7) is 4.20. The first-order valence-electron chi connectivity index (χ1n) is 10.7. The maximum atomic E-state index is 13.1. The average Bonchev–Trinajstić information content (AvgIpc) is 3.26. The van der Waals surface area contributed by atoms with Crippen LogP contribution in [0.2, 0.25) is 0 Å². The molecular formula is C25H27N3O3S. The zero-order valence-electron chi connectivity index (χ0n) is 18.1. The fraction of sp³-hybridized carbons (Fsp3) is 0.280. The summed E-state index contributed by atoms with van der Waals surface area (Å²) in [7, 11) is 2.11. The molecule has 0 spiro atoms. The summed E-state index contributed by atoms with van der Waals surface area (Å²) in [5.41, 5.74) is 3.51. The number of para-hydroxylation sites is 1. The number of carboxylic acids is 1. The van der Waals surface area contributed by atoms with E-state index in [0.29, 0.717) is 17.0 Å². The molecule has 1 saturated heterocycles. The molecular weight excluding hydrogens is 422 g/mol. The molecule has 0 radical (unpaired) electrons. The van der Waals surface area contributed by atoms with E-state index >= 15 is 0 Å². The molecule has 32 heavy (non-hydrogen) atoms. The summed E-state index contributed by atoms with van der Waals surface area (Å²) >= 11 is 1.16. The summed E-state index contributed by atoms with van der Waals surface area (Å²) in [6.07, 6.45) is 0.718. The molecule has 1 amide bonds. The van der Waals surface area contributed by atoms with Gasteiger partial charge < -0.3 is 20.2 Å². The summed E-state index contributed by atoms with van der Waals surface area (Å²) in [5.74, 6) is -1.26. The van der Waals surface area contributed by atoms with E-state index in [1.807, 2.05) is 48.5 Å². The van der Waals surface area contributed by atoms with Crippen molar-refractivity contribution < 1.29 is 14.7 Å². The topological polar surface area (TPSA) is 72.9 Å². The minimum Gasteiger partial charge on any atom is -0.477 e. The Hall–Kier alpha value is -3.16. The van der Waals surface area contributed by atoms with Crippen molar-refractivity contribution in [2.75, 3.05) is 44.7 Å². The van der Waals surface area contributed by atoms with Crippen LogP contribution in [0.3, 0.4) is 0 Å². The fourth-order valence-corrected chi connectivity index (χ4v) is 4.94. The number of hydrogen-bond donors (Lipinski definition) is 2. The van der Waals surface area contributed by atoms with Crippen molar-refractivity contribution in [1.82, 2.24) is 10.2 Å². The molecule has 0 unspecified atom stereocenters. The zero-order valence-corrected chi connectivity index (χ0v) is 18.9. The second kappa shape index (κ2) is 9.97. The van der Waals surface area contributed by atoms with Gasteiger partial charge in [0.25, 0.3) is 5.91 Å². The number of rotatable bonds is 7. The van der Waals surface area contributed by atoms with Crippen molar-refractivity contribution in [2.45, 2.75) is 6.42 Å². The Kier molecular flexibility index (Phi) is 6.87. The molecule has 4 rings (SSSR count). The molecule has 1 fully saturated rings. The molecule has 166 valence electrons. The summed E-state index contributed by atoms with van der Waals surface area (Å²) in [5, 5.41) is 12.6. The van der Waals surface area contributed by atoms with E-state index in [2.05, 4.69) is 28.2 Å². The van der Waals surface area contributed by atoms with E-state index < -0.39 is 5.97 Å². The van der Waals surface area contributed by atoms with Crippen LogP contribution >= 0.6 is 11.3 Å². The highest BCUT2D eigenvalue weighted by Gasteiger charge is 2.24. The van der Waals surface area contributed by atoms with Crippen molar-refractivity contribution in [3.05, 3.63) is 76.7 Å². The number of aromatic carboxylic acids is 1. The lowest BCUT2D eigenvalue weighted by Gasteiger charge is -2.35. The third-order valence-electron chi connectivity index (χ3n) is 5.72. The highest BCUT2D eigenvalue weighted by atomic mass is 32.1. The zero-order chi connectivity index (χ0) is 22.5. The normalized spacial score (nSPS) is 14.3. The van der Waals surface area contributed by atoms with Crippen molar-refractivity contribution in [3.63, 3.8) is 0 Å². The number of piperazine rings is 1. The van der Waals surface area contributed by atoms with E-state index in [0.717, 1.165) is 60.8 Å². The maximum absolute atomic E-state index is 13.1. The first-order valence-corrected chi connectivity index (χ1v) is 11.6. The molecule has 1 aliphatic rings. The van der Waals surface area contributed by atoms with E-state index in [1.54, 1.807) is 0 Å². The minimum absolute atomic E-state index is 0.168. The van der Waals surface area contributed by atoms with Gasteiger partial charge in [0.2, 0.25) is 0 Å². The van der Waals surface area contributed by atoms with E-state index in [-0.39, 0.29) is 10.8 Å². The van der Waals surface area contributed by atoms with Gasteiger partial charge in [0.1, 0.15) is 4.88 Å². The van der Waals surface area contributed by atoms with Gasteiger partial charge in [-0.05, 0) is 31.2 Å². The number of amides is 1. The molecule has 2 N–H and O–H groups in total. The van der Waals surface area contributed by atoms with Gasteiger partial charge in [-0.15, -0.1) is 11.3 Å². The number of thiophene rings is 1. The Morgan fingerprint density at radius 1 is 1.00 bits per heavy atom. The van der Waals surface area contributed by atoms with Gasteiger partial charge in [-0.25, -0.2) is 4.79 Å². The first-order chi connectivity index (χ1) is 15.5. The smallest absolute Gasteiger partial charge is 0.345 e. The van der Waals surface area contributed by atoms with Crippen LogP contribution in [-0.2, 0) is 6.42 Å². The molecule has 0 bridgehead atoms. The molecule has 1 aromatic heterocycles. The van der Waals surface area contributed by atoms with Crippen LogP contribution in [-0.4, -0.2) is 61.7 Å². The van der Waals surface area contributed by atoms with E-state index in [9.17, 15) is 14.7 Å². The molecule has 7 heteroatoms. The van der Waals surface area contributed by atoms with Crippen LogP contribution < -0.4 is 10.2 Å². The van der Waals surface area contributed by atoms with Gasteiger partial charge in [0.15, 0.2) is 0 Å². The summed E-state index contributed by atoms with van der Waals surface area (Å²) in [4.78, 5) is 30.3. The highest BCUT2D eigenvalue weighted by molar-refractivity contribution is 7.17. The predicted molar refractivity (Wildman–Crippen MR) is 129 cm³/mol. The second-order valence-corrected chi connectivity index (χ2v) is 9.01. The number of hydrogen-bond acceptors (Lipinski definition) is 5. The molecule has 1 aliphatic heterocycles. The number of anilines is 1. The Bertz CT molecular complexity index is 1090. The molecule has 3 aromatic rings. The Labute approximate surface area is 192 Å². The van der Waals surface area contributed by atoms with Crippen molar-refractivity contribution >= 4 is 28.9 Å². The number of carbonyl (C=O) groups is 2. The SMILES string of the molecule is CN1CCN(c2ccccc2-c2sc(C(=O)O)cc2C(=O)NCCc2ccccc2)CC1. The second-order valence-electron chi connectivity index (χ2n) is 7.96. The lowest BCUT2D eigenvalue weighted by atomic mass is 10.0. The monoisotopic (exact) mass is 449 g/mol. The lowest BCUT2D eigenvalue weighted by Crippen LogP contribution is -2.44. The molecule has 6 nitrogen and oxygen atoms in total. The predicted octanol–water partition coefficient (Wildman–Crippen LogP) is 3.84. The van der Waals surface area contributed by atoms with Crippen LogP contribution in [0.1, 0.15) is 25.6 Å². The quantitative estimate of drug-likeness (QED) is 0.573. The minimum atomic E-state index is -1.02. The number of nitrogens with zero attached hydrogens (tertiary/aromatic N) is 2. The van der Waals surface area contributed by atoms with Crippen LogP contribution in [0.25, 0.3) is 10.4 Å². The van der Waals surface area contributed by atoms with Crippen molar-refractivity contribution in [2.24, 2.45) is 0 Å². The number of likely N-dealkylation sites (N-methyl/N-ethyl adjacent to an activating group) is 1. The Balaban J connectivity index is 1.60. The van der Waals surface area contributed by atoms with Crippen LogP contribution in [0.4, 0.5) is 5.69 Å². The lowest BCUT2D eigenvalue weighted by molar-refractivity contribution is 0.0702. The van der Waals surface area contributed by atoms with Gasteiger partial charge in [0, 0.05) is 48.9 Å². The molecule has 2 aromatic carbocycles. The third kappa shape index (κ3) is 5.00. The molecule has 2 heterocycles. The Morgan fingerprint density at radius 3 is 2.41 bits per heavy atom. The fourth-order valence-electron chi connectivity index (χ4n) is 3.91. The van der Waals surface area contributed by atoms with Gasteiger partial charge in [-0.3, -0.25) is 4.79 Å². The van der Waals surface area contributed by atoms with E-state index in [1.165, 1.54) is 6.07 Å². The summed E-state index contributed by atoms with van der Waals surface area (Å²) < 4.78 is 0. The number of nitrogens with one attached hydrogen (secondary N) is 1.